The van der Waals surface area contributed by atoms with Crippen LogP contribution in [0.3, 0.4) is 0 Å². The molecule has 1 aliphatic heterocycles. The zero-order valence-electron chi connectivity index (χ0n) is 9.07. The summed E-state index contributed by atoms with van der Waals surface area (Å²) in [7, 11) is 0. The van der Waals surface area contributed by atoms with E-state index in [0.717, 1.165) is 18.6 Å². The lowest BCUT2D eigenvalue weighted by Gasteiger charge is -2.30. The van der Waals surface area contributed by atoms with E-state index >= 15 is 0 Å². The Morgan fingerprint density at radius 2 is 2.21 bits per heavy atom. The predicted octanol–water partition coefficient (Wildman–Crippen LogP) is 2.60. The largest absolute Gasteiger partial charge is 0.443 e. The molecule has 1 aliphatic rings. The molecule has 0 aromatic carbocycles. The Labute approximate surface area is 89.3 Å². The molecule has 1 atom stereocenters. The van der Waals surface area contributed by atoms with Crippen molar-refractivity contribution in [3.05, 3.63) is 0 Å². The molecule has 1 saturated heterocycles. The van der Waals surface area contributed by atoms with Crippen molar-refractivity contribution < 1.29 is 13.7 Å². The van der Waals surface area contributed by atoms with Crippen molar-refractivity contribution in [2.24, 2.45) is 0 Å². The highest BCUT2D eigenvalue weighted by Gasteiger charge is 2.27. The first-order valence-corrected chi connectivity index (χ1v) is 5.42. The SMILES string of the molecule is C[C@H]1CCN(C(=O)OC(C)(C)C)SO1. The molecule has 1 amide bonds. The fraction of sp³-hybridized carbons (Fsp3) is 0.889. The number of amides is 1. The van der Waals surface area contributed by atoms with Gasteiger partial charge in [-0.3, -0.25) is 4.18 Å². The van der Waals surface area contributed by atoms with Crippen LogP contribution in [0.5, 0.6) is 0 Å². The molecule has 0 aromatic rings. The third kappa shape index (κ3) is 3.75. The van der Waals surface area contributed by atoms with E-state index in [1.807, 2.05) is 27.7 Å². The average Bonchev–Trinajstić information content (AvgIpc) is 2.02. The third-order valence-electron chi connectivity index (χ3n) is 1.63. The van der Waals surface area contributed by atoms with E-state index in [1.54, 1.807) is 0 Å². The molecule has 0 aliphatic carbocycles. The molecule has 0 aromatic heterocycles. The van der Waals surface area contributed by atoms with Gasteiger partial charge in [-0.2, -0.15) is 0 Å². The van der Waals surface area contributed by atoms with Crippen molar-refractivity contribution >= 4 is 18.3 Å². The fourth-order valence-electron chi connectivity index (χ4n) is 0.944. The fourth-order valence-corrected chi connectivity index (χ4v) is 1.57. The quantitative estimate of drug-likeness (QED) is 0.463. The normalized spacial score (nSPS) is 23.4. The molecule has 0 bridgehead atoms. The van der Waals surface area contributed by atoms with Crippen LogP contribution in [0.15, 0.2) is 0 Å². The molecule has 1 rings (SSSR count). The van der Waals surface area contributed by atoms with E-state index in [-0.39, 0.29) is 12.2 Å². The van der Waals surface area contributed by atoms with Gasteiger partial charge in [0.25, 0.3) is 0 Å². The van der Waals surface area contributed by atoms with Gasteiger partial charge < -0.3 is 4.74 Å². The van der Waals surface area contributed by atoms with E-state index in [9.17, 15) is 4.79 Å². The molecule has 0 N–H and O–H groups in total. The van der Waals surface area contributed by atoms with Crippen LogP contribution in [0.4, 0.5) is 4.79 Å². The van der Waals surface area contributed by atoms with Gasteiger partial charge >= 0.3 is 6.09 Å². The second-order valence-electron chi connectivity index (χ2n) is 4.35. The van der Waals surface area contributed by atoms with Crippen LogP contribution in [0.25, 0.3) is 0 Å². The zero-order valence-corrected chi connectivity index (χ0v) is 9.89. The van der Waals surface area contributed by atoms with Gasteiger partial charge in [-0.1, -0.05) is 0 Å². The second-order valence-corrected chi connectivity index (χ2v) is 5.13. The minimum atomic E-state index is -0.444. The van der Waals surface area contributed by atoms with E-state index in [2.05, 4.69) is 0 Å². The number of ether oxygens (including phenoxy) is 1. The van der Waals surface area contributed by atoms with Crippen LogP contribution < -0.4 is 0 Å². The smallest absolute Gasteiger partial charge is 0.422 e. The first-order valence-electron chi connectivity index (χ1n) is 4.72. The summed E-state index contributed by atoms with van der Waals surface area (Å²) in [4.78, 5) is 11.5. The van der Waals surface area contributed by atoms with Crippen LogP contribution in [0.2, 0.25) is 0 Å². The topological polar surface area (TPSA) is 38.8 Å². The van der Waals surface area contributed by atoms with Gasteiger partial charge in [-0.05, 0) is 34.1 Å². The number of nitrogens with zero attached hydrogens (tertiary/aromatic N) is 1. The summed E-state index contributed by atoms with van der Waals surface area (Å²) in [5.74, 6) is 0. The Kier molecular flexibility index (Phi) is 3.66. The molecule has 4 nitrogen and oxygen atoms in total. The number of rotatable bonds is 0. The number of hydrogen-bond acceptors (Lipinski definition) is 4. The Bertz CT molecular complexity index is 207. The maximum atomic E-state index is 11.5. The molecule has 0 spiro atoms. The van der Waals surface area contributed by atoms with Gasteiger partial charge in [0.05, 0.1) is 6.10 Å². The maximum Gasteiger partial charge on any atom is 0.422 e. The van der Waals surface area contributed by atoms with Crippen LogP contribution >= 0.6 is 12.2 Å². The zero-order chi connectivity index (χ0) is 10.8. The molecule has 0 saturated carbocycles. The first kappa shape index (κ1) is 11.7. The summed E-state index contributed by atoms with van der Waals surface area (Å²) in [6.45, 7) is 8.22. The predicted molar refractivity (Wildman–Crippen MR) is 55.7 cm³/mol. The highest BCUT2D eigenvalue weighted by Crippen LogP contribution is 2.24. The Morgan fingerprint density at radius 1 is 1.57 bits per heavy atom. The third-order valence-corrected chi connectivity index (χ3v) is 2.56. The number of carbonyl (C=O) groups is 1. The highest BCUT2D eigenvalue weighted by atomic mass is 32.2. The lowest BCUT2D eigenvalue weighted by Crippen LogP contribution is -2.37. The lowest BCUT2D eigenvalue weighted by molar-refractivity contribution is 0.0350. The molecule has 0 unspecified atom stereocenters. The number of hydrogen-bond donors (Lipinski definition) is 0. The van der Waals surface area contributed by atoms with Crippen LogP contribution in [-0.2, 0) is 8.92 Å². The van der Waals surface area contributed by atoms with E-state index in [1.165, 1.54) is 4.31 Å². The molecular weight excluding hydrogens is 202 g/mol. The summed E-state index contributed by atoms with van der Waals surface area (Å²) >= 11 is 1.08. The monoisotopic (exact) mass is 219 g/mol. The Hall–Kier alpha value is -0.420. The minimum absolute atomic E-state index is 0.207. The summed E-state index contributed by atoms with van der Waals surface area (Å²) < 4.78 is 12.0. The molecule has 1 heterocycles. The van der Waals surface area contributed by atoms with Gasteiger partial charge in [-0.25, -0.2) is 9.10 Å². The van der Waals surface area contributed by atoms with Gasteiger partial charge in [-0.15, -0.1) is 0 Å². The van der Waals surface area contributed by atoms with Gasteiger partial charge in [0.2, 0.25) is 0 Å². The average molecular weight is 219 g/mol. The molecule has 82 valence electrons. The highest BCUT2D eigenvalue weighted by molar-refractivity contribution is 7.92. The lowest BCUT2D eigenvalue weighted by atomic mass is 10.2. The first-order chi connectivity index (χ1) is 6.38. The molecular formula is C9H17NO3S. The summed E-state index contributed by atoms with van der Waals surface area (Å²) in [5.41, 5.74) is -0.444. The standard InChI is InChI=1S/C9H17NO3S/c1-7-5-6-10(14-13-7)8(11)12-9(2,3)4/h7H,5-6H2,1-4H3/t7-/m0/s1. The van der Waals surface area contributed by atoms with Crippen LogP contribution in [0.1, 0.15) is 34.1 Å². The minimum Gasteiger partial charge on any atom is -0.443 e. The number of carbonyl (C=O) groups excluding carboxylic acids is 1. The Balaban J connectivity index is 2.38. The van der Waals surface area contributed by atoms with E-state index in [0.29, 0.717) is 6.54 Å². The van der Waals surface area contributed by atoms with Crippen molar-refractivity contribution in [3.8, 4) is 0 Å². The molecule has 1 fully saturated rings. The van der Waals surface area contributed by atoms with Crippen LogP contribution in [-0.4, -0.2) is 28.6 Å². The maximum absolute atomic E-state index is 11.5. The van der Waals surface area contributed by atoms with E-state index < -0.39 is 5.60 Å². The van der Waals surface area contributed by atoms with Crippen molar-refractivity contribution in [1.29, 1.82) is 0 Å². The van der Waals surface area contributed by atoms with Crippen molar-refractivity contribution in [1.82, 2.24) is 4.31 Å². The molecule has 5 heteroatoms. The summed E-state index contributed by atoms with van der Waals surface area (Å²) in [6.07, 6.45) is 0.736. The second kappa shape index (κ2) is 4.40. The summed E-state index contributed by atoms with van der Waals surface area (Å²) in [5, 5.41) is 0. The van der Waals surface area contributed by atoms with Crippen molar-refractivity contribution in [2.75, 3.05) is 6.54 Å². The van der Waals surface area contributed by atoms with Gasteiger partial charge in [0.1, 0.15) is 17.8 Å². The molecule has 0 radical (unpaired) electrons. The van der Waals surface area contributed by atoms with Crippen LogP contribution in [0, 0.1) is 0 Å². The van der Waals surface area contributed by atoms with Gasteiger partial charge in [0.15, 0.2) is 0 Å². The van der Waals surface area contributed by atoms with Crippen molar-refractivity contribution in [3.63, 3.8) is 0 Å². The summed E-state index contributed by atoms with van der Waals surface area (Å²) in [6, 6.07) is 0. The molecule has 14 heavy (non-hydrogen) atoms. The van der Waals surface area contributed by atoms with Gasteiger partial charge in [0, 0.05) is 6.54 Å². The van der Waals surface area contributed by atoms with E-state index in [4.69, 9.17) is 8.92 Å². The van der Waals surface area contributed by atoms with Crippen molar-refractivity contribution in [2.45, 2.75) is 45.8 Å². The Morgan fingerprint density at radius 3 is 2.64 bits per heavy atom.